The summed E-state index contributed by atoms with van der Waals surface area (Å²) < 4.78 is 30.2. The third-order valence-electron chi connectivity index (χ3n) is 3.78. The average Bonchev–Trinajstić information content (AvgIpc) is 2.76. The zero-order chi connectivity index (χ0) is 14.8. The van der Waals surface area contributed by atoms with Crippen molar-refractivity contribution in [3.63, 3.8) is 0 Å². The fraction of sp³-hybridized carbons (Fsp3) is 0.571. The maximum atomic E-state index is 12.5. The smallest absolute Gasteiger partial charge is 0.387 e. The maximum absolute atomic E-state index is 12.5. The largest absolute Gasteiger partial charge is 0.433 e. The first-order valence-corrected chi connectivity index (χ1v) is 7.37. The first-order chi connectivity index (χ1) is 9.43. The molecule has 1 aliphatic heterocycles. The number of rotatable bonds is 5. The first kappa shape index (κ1) is 15.7. The zero-order valence-electron chi connectivity index (χ0n) is 11.4. The fourth-order valence-corrected chi connectivity index (χ4v) is 3.07. The lowest BCUT2D eigenvalue weighted by Gasteiger charge is -2.23. The number of hydrogen-bond acceptors (Lipinski definition) is 3. The number of para-hydroxylation sites is 1. The minimum Gasteiger partial charge on any atom is -0.433 e. The van der Waals surface area contributed by atoms with Gasteiger partial charge in [0.2, 0.25) is 0 Å². The quantitative estimate of drug-likeness (QED) is 0.887. The van der Waals surface area contributed by atoms with Gasteiger partial charge >= 0.3 is 6.61 Å². The number of benzene rings is 1. The van der Waals surface area contributed by atoms with Crippen LogP contribution in [0, 0.1) is 5.41 Å². The highest BCUT2D eigenvalue weighted by molar-refractivity contribution is 9.10. The van der Waals surface area contributed by atoms with Gasteiger partial charge in [-0.25, -0.2) is 0 Å². The van der Waals surface area contributed by atoms with E-state index in [1.54, 1.807) is 6.07 Å². The summed E-state index contributed by atoms with van der Waals surface area (Å²) >= 11 is 3.26. The Bertz CT molecular complexity index is 472. The van der Waals surface area contributed by atoms with Crippen LogP contribution in [0.4, 0.5) is 8.78 Å². The van der Waals surface area contributed by atoms with Crippen LogP contribution in [0.2, 0.25) is 0 Å². The predicted molar refractivity (Wildman–Crippen MR) is 77.8 cm³/mol. The monoisotopic (exact) mass is 348 g/mol. The molecule has 1 atom stereocenters. The van der Waals surface area contributed by atoms with Crippen LogP contribution in [0.5, 0.6) is 5.75 Å². The molecule has 0 saturated carbocycles. The van der Waals surface area contributed by atoms with Crippen molar-refractivity contribution in [1.82, 2.24) is 4.90 Å². The molecule has 6 heteroatoms. The second kappa shape index (κ2) is 6.37. The topological polar surface area (TPSA) is 38.5 Å². The van der Waals surface area contributed by atoms with Crippen LogP contribution in [0.25, 0.3) is 0 Å². The second-order valence-electron chi connectivity index (χ2n) is 5.58. The summed E-state index contributed by atoms with van der Waals surface area (Å²) in [5.41, 5.74) is 6.67. The Morgan fingerprint density at radius 1 is 1.50 bits per heavy atom. The minimum atomic E-state index is -2.82. The number of hydrogen-bond donors (Lipinski definition) is 1. The van der Waals surface area contributed by atoms with E-state index in [9.17, 15) is 8.78 Å². The predicted octanol–water partition coefficient (Wildman–Crippen LogP) is 3.22. The van der Waals surface area contributed by atoms with Crippen LogP contribution in [-0.2, 0) is 6.54 Å². The van der Waals surface area contributed by atoms with E-state index in [2.05, 4.69) is 32.5 Å². The molecule has 1 aliphatic rings. The van der Waals surface area contributed by atoms with Gasteiger partial charge in [-0.2, -0.15) is 8.78 Å². The summed E-state index contributed by atoms with van der Waals surface area (Å²) in [6.07, 6.45) is 1.03. The lowest BCUT2D eigenvalue weighted by molar-refractivity contribution is -0.0512. The van der Waals surface area contributed by atoms with E-state index in [1.807, 2.05) is 12.1 Å². The van der Waals surface area contributed by atoms with Crippen molar-refractivity contribution in [2.24, 2.45) is 11.1 Å². The molecular weight excluding hydrogens is 330 g/mol. The van der Waals surface area contributed by atoms with Crippen LogP contribution in [0.3, 0.4) is 0 Å². The van der Waals surface area contributed by atoms with Gasteiger partial charge in [-0.05, 0) is 46.9 Å². The number of nitrogens with zero attached hydrogens (tertiary/aromatic N) is 1. The van der Waals surface area contributed by atoms with Gasteiger partial charge in [-0.1, -0.05) is 19.1 Å². The van der Waals surface area contributed by atoms with Crippen molar-refractivity contribution in [1.29, 1.82) is 0 Å². The van der Waals surface area contributed by atoms with Gasteiger partial charge in [-0.15, -0.1) is 0 Å². The van der Waals surface area contributed by atoms with Crippen molar-refractivity contribution in [3.05, 3.63) is 28.2 Å². The van der Waals surface area contributed by atoms with Crippen LogP contribution in [0.15, 0.2) is 22.7 Å². The summed E-state index contributed by atoms with van der Waals surface area (Å²) in [5, 5.41) is 0. The molecule has 1 saturated heterocycles. The summed E-state index contributed by atoms with van der Waals surface area (Å²) in [7, 11) is 0. The van der Waals surface area contributed by atoms with Gasteiger partial charge < -0.3 is 10.5 Å². The number of likely N-dealkylation sites (tertiary alicyclic amines) is 1. The number of nitrogens with two attached hydrogens (primary N) is 1. The van der Waals surface area contributed by atoms with Crippen LogP contribution in [-0.4, -0.2) is 31.1 Å². The Morgan fingerprint density at radius 3 is 2.85 bits per heavy atom. The van der Waals surface area contributed by atoms with Crippen LogP contribution < -0.4 is 10.5 Å². The molecule has 0 bridgehead atoms. The zero-order valence-corrected chi connectivity index (χ0v) is 13.0. The Labute approximate surface area is 126 Å². The Kier molecular flexibility index (Phi) is 4.99. The highest BCUT2D eigenvalue weighted by atomic mass is 79.9. The molecule has 1 heterocycles. The average molecular weight is 349 g/mol. The molecule has 3 nitrogen and oxygen atoms in total. The third-order valence-corrected chi connectivity index (χ3v) is 4.40. The van der Waals surface area contributed by atoms with Gasteiger partial charge in [0.05, 0.1) is 4.47 Å². The van der Waals surface area contributed by atoms with E-state index in [-0.39, 0.29) is 11.2 Å². The second-order valence-corrected chi connectivity index (χ2v) is 6.44. The molecule has 0 aliphatic carbocycles. The molecule has 2 rings (SSSR count). The van der Waals surface area contributed by atoms with Crippen LogP contribution in [0.1, 0.15) is 18.9 Å². The highest BCUT2D eigenvalue weighted by Crippen LogP contribution is 2.34. The van der Waals surface area contributed by atoms with E-state index in [1.165, 1.54) is 0 Å². The van der Waals surface area contributed by atoms with E-state index < -0.39 is 6.61 Å². The Hall–Kier alpha value is -0.720. The molecule has 112 valence electrons. The van der Waals surface area contributed by atoms with Crippen molar-refractivity contribution in [2.75, 3.05) is 19.6 Å². The van der Waals surface area contributed by atoms with Crippen molar-refractivity contribution < 1.29 is 13.5 Å². The van der Waals surface area contributed by atoms with E-state index in [0.717, 1.165) is 25.1 Å². The molecule has 0 spiro atoms. The summed E-state index contributed by atoms with van der Waals surface area (Å²) in [4.78, 5) is 2.23. The molecule has 1 aromatic carbocycles. The van der Waals surface area contributed by atoms with E-state index in [4.69, 9.17) is 5.73 Å². The van der Waals surface area contributed by atoms with Gasteiger partial charge in [-0.3, -0.25) is 4.90 Å². The van der Waals surface area contributed by atoms with E-state index >= 15 is 0 Å². The Balaban J connectivity index is 2.12. The fourth-order valence-electron chi connectivity index (χ4n) is 2.57. The van der Waals surface area contributed by atoms with Gasteiger partial charge in [0.25, 0.3) is 0 Å². The van der Waals surface area contributed by atoms with Gasteiger partial charge in [0, 0.05) is 18.7 Å². The standard InChI is InChI=1S/C14H19BrF2N2O/c1-14(8-18)5-6-19(9-14)7-10-3-2-4-11(15)12(10)20-13(16)17/h2-4,13H,5-9,18H2,1H3. The molecule has 0 aromatic heterocycles. The molecule has 1 unspecified atom stereocenters. The highest BCUT2D eigenvalue weighted by Gasteiger charge is 2.32. The molecule has 0 radical (unpaired) electrons. The molecule has 1 fully saturated rings. The number of alkyl halides is 2. The van der Waals surface area contributed by atoms with Gasteiger partial charge in [0.15, 0.2) is 0 Å². The third kappa shape index (κ3) is 3.68. The summed E-state index contributed by atoms with van der Waals surface area (Å²) in [6.45, 7) is 2.38. The van der Waals surface area contributed by atoms with Crippen molar-refractivity contribution in [2.45, 2.75) is 26.5 Å². The maximum Gasteiger partial charge on any atom is 0.387 e. The molecular formula is C14H19BrF2N2O. The molecule has 1 aromatic rings. The summed E-state index contributed by atoms with van der Waals surface area (Å²) in [5.74, 6) is 0.226. The molecule has 2 N–H and O–H groups in total. The molecule has 0 amide bonds. The minimum absolute atomic E-state index is 0.121. The first-order valence-electron chi connectivity index (χ1n) is 6.58. The number of halogens is 3. The Morgan fingerprint density at radius 2 is 2.25 bits per heavy atom. The SMILES string of the molecule is CC1(CN)CCN(Cc2cccc(Br)c2OC(F)F)C1. The lowest BCUT2D eigenvalue weighted by Crippen LogP contribution is -2.31. The molecule has 20 heavy (non-hydrogen) atoms. The normalized spacial score (nSPS) is 23.5. The van der Waals surface area contributed by atoms with Gasteiger partial charge in [0.1, 0.15) is 5.75 Å². The number of ether oxygens (including phenoxy) is 1. The van der Waals surface area contributed by atoms with Crippen LogP contribution >= 0.6 is 15.9 Å². The lowest BCUT2D eigenvalue weighted by atomic mass is 9.90. The van der Waals surface area contributed by atoms with Crippen molar-refractivity contribution >= 4 is 15.9 Å². The van der Waals surface area contributed by atoms with Crippen molar-refractivity contribution in [3.8, 4) is 5.75 Å². The summed E-state index contributed by atoms with van der Waals surface area (Å²) in [6, 6.07) is 5.35. The van der Waals surface area contributed by atoms with E-state index in [0.29, 0.717) is 17.6 Å².